The predicted octanol–water partition coefficient (Wildman–Crippen LogP) is 4.16. The number of aliphatic carboxylic acids is 1. The minimum absolute atomic E-state index is 0.0618. The van der Waals surface area contributed by atoms with E-state index < -0.39 is 18.2 Å². The van der Waals surface area contributed by atoms with Crippen molar-refractivity contribution >= 4 is 5.97 Å². The first-order valence-electron chi connectivity index (χ1n) is 11.3. The minimum Gasteiger partial charge on any atom is -0.481 e. The topological polar surface area (TPSA) is 77.8 Å². The molecule has 4 nitrogen and oxygen atoms in total. The van der Waals surface area contributed by atoms with Crippen molar-refractivity contribution in [1.29, 1.82) is 0 Å². The SMILES string of the molecule is CCCCC1/C(=C/CCC(=O)O)[C@@H]2CC[C@H](O)[C@@H](C#CC(O)C3CCCC3)[C@H]12. The van der Waals surface area contributed by atoms with E-state index in [1.165, 1.54) is 18.4 Å². The van der Waals surface area contributed by atoms with Crippen molar-refractivity contribution < 1.29 is 20.1 Å². The van der Waals surface area contributed by atoms with E-state index in [2.05, 4.69) is 24.8 Å². The maximum atomic E-state index is 10.9. The smallest absolute Gasteiger partial charge is 0.303 e. The monoisotopic (exact) mass is 388 g/mol. The van der Waals surface area contributed by atoms with Crippen LogP contribution in [0.15, 0.2) is 11.6 Å². The van der Waals surface area contributed by atoms with Gasteiger partial charge in [-0.3, -0.25) is 4.79 Å². The van der Waals surface area contributed by atoms with Crippen LogP contribution in [-0.2, 0) is 4.79 Å². The molecule has 3 N–H and O–H groups in total. The molecule has 6 atom stereocenters. The lowest BCUT2D eigenvalue weighted by Gasteiger charge is -2.55. The second kappa shape index (κ2) is 9.94. The molecule has 0 aliphatic heterocycles. The van der Waals surface area contributed by atoms with Crippen LogP contribution in [0.1, 0.15) is 77.6 Å². The van der Waals surface area contributed by atoms with Gasteiger partial charge in [-0.2, -0.15) is 0 Å². The number of carboxylic acid groups (broad SMARTS) is 1. The first-order valence-corrected chi connectivity index (χ1v) is 11.3. The Bertz CT molecular complexity index is 622. The lowest BCUT2D eigenvalue weighted by molar-refractivity contribution is -0.136. The van der Waals surface area contributed by atoms with E-state index >= 15 is 0 Å². The number of allylic oxidation sites excluding steroid dienone is 2. The average molecular weight is 389 g/mol. The highest BCUT2D eigenvalue weighted by molar-refractivity contribution is 5.66. The third-order valence-electron chi connectivity index (χ3n) is 7.24. The second-order valence-corrected chi connectivity index (χ2v) is 9.02. The third-order valence-corrected chi connectivity index (χ3v) is 7.24. The van der Waals surface area contributed by atoms with Gasteiger partial charge in [0.2, 0.25) is 0 Å². The second-order valence-electron chi connectivity index (χ2n) is 9.02. The number of aliphatic hydroxyl groups excluding tert-OH is 2. The summed E-state index contributed by atoms with van der Waals surface area (Å²) in [6, 6.07) is 0. The fourth-order valence-corrected chi connectivity index (χ4v) is 5.74. The average Bonchev–Trinajstić information content (AvgIpc) is 3.19. The van der Waals surface area contributed by atoms with Gasteiger partial charge in [0.05, 0.1) is 12.0 Å². The number of carbonyl (C=O) groups is 1. The summed E-state index contributed by atoms with van der Waals surface area (Å²) < 4.78 is 0. The molecule has 2 unspecified atom stereocenters. The van der Waals surface area contributed by atoms with Crippen molar-refractivity contribution in [3.63, 3.8) is 0 Å². The highest BCUT2D eigenvalue weighted by atomic mass is 16.4. The summed E-state index contributed by atoms with van der Waals surface area (Å²) in [5, 5.41) is 30.0. The van der Waals surface area contributed by atoms with Gasteiger partial charge in [0, 0.05) is 6.42 Å². The molecule has 0 amide bonds. The minimum atomic E-state index is -0.749. The summed E-state index contributed by atoms with van der Waals surface area (Å²) >= 11 is 0. The molecule has 3 saturated carbocycles. The van der Waals surface area contributed by atoms with Crippen LogP contribution in [0.3, 0.4) is 0 Å². The van der Waals surface area contributed by atoms with Gasteiger partial charge in [0.15, 0.2) is 0 Å². The number of aliphatic hydroxyl groups is 2. The van der Waals surface area contributed by atoms with Gasteiger partial charge in [0.25, 0.3) is 0 Å². The Morgan fingerprint density at radius 1 is 1.25 bits per heavy atom. The molecule has 156 valence electrons. The molecule has 0 spiro atoms. The summed E-state index contributed by atoms with van der Waals surface area (Å²) in [6.07, 6.45) is 11.5. The number of unbranched alkanes of at least 4 members (excludes halogenated alkanes) is 1. The number of rotatable bonds is 7. The highest BCUT2D eigenvalue weighted by Gasteiger charge is 2.52. The molecular formula is C24H36O4. The van der Waals surface area contributed by atoms with E-state index in [4.69, 9.17) is 5.11 Å². The van der Waals surface area contributed by atoms with Gasteiger partial charge in [-0.15, -0.1) is 0 Å². The van der Waals surface area contributed by atoms with Crippen LogP contribution in [0.25, 0.3) is 0 Å². The van der Waals surface area contributed by atoms with Crippen LogP contribution in [0.4, 0.5) is 0 Å². The number of carboxylic acids is 1. The van der Waals surface area contributed by atoms with Crippen molar-refractivity contribution in [1.82, 2.24) is 0 Å². The summed E-state index contributed by atoms with van der Waals surface area (Å²) in [4.78, 5) is 10.9. The Kier molecular flexibility index (Phi) is 7.60. The van der Waals surface area contributed by atoms with E-state index in [0.29, 0.717) is 30.1 Å². The Hall–Kier alpha value is -1.31. The summed E-state index contributed by atoms with van der Waals surface area (Å²) in [6.45, 7) is 2.19. The maximum Gasteiger partial charge on any atom is 0.303 e. The van der Waals surface area contributed by atoms with E-state index in [-0.39, 0.29) is 12.3 Å². The van der Waals surface area contributed by atoms with Crippen LogP contribution in [0, 0.1) is 41.4 Å². The molecule has 0 aromatic rings. The quantitative estimate of drug-likeness (QED) is 0.452. The van der Waals surface area contributed by atoms with Gasteiger partial charge in [-0.05, 0) is 62.2 Å². The van der Waals surface area contributed by atoms with Crippen LogP contribution < -0.4 is 0 Å². The summed E-state index contributed by atoms with van der Waals surface area (Å²) in [5.41, 5.74) is 1.41. The lowest BCUT2D eigenvalue weighted by atomic mass is 9.50. The molecule has 0 aromatic carbocycles. The summed E-state index contributed by atoms with van der Waals surface area (Å²) in [7, 11) is 0. The fraction of sp³-hybridized carbons (Fsp3) is 0.792. The highest BCUT2D eigenvalue weighted by Crippen LogP contribution is 2.57. The predicted molar refractivity (Wildman–Crippen MR) is 109 cm³/mol. The fourth-order valence-electron chi connectivity index (χ4n) is 5.74. The van der Waals surface area contributed by atoms with Crippen LogP contribution in [-0.4, -0.2) is 33.5 Å². The molecule has 0 heterocycles. The molecule has 3 fully saturated rings. The zero-order chi connectivity index (χ0) is 20.1. The first kappa shape index (κ1) is 21.4. The van der Waals surface area contributed by atoms with Crippen molar-refractivity contribution in [3.8, 4) is 11.8 Å². The standard InChI is InChI=1S/C24H36O4/c1-2-3-9-18-17(10-6-11-23(27)28)19-12-15-22(26)20(24(18)19)13-14-21(25)16-7-4-5-8-16/h10,16,18-22,24-26H,2-9,11-12,15H2,1H3,(H,27,28)/b17-10-/t18?,19-,20+,21?,22-,24+/m0/s1. The molecule has 3 rings (SSSR count). The Morgan fingerprint density at radius 2 is 2.00 bits per heavy atom. The molecule has 0 bridgehead atoms. The van der Waals surface area contributed by atoms with Crippen LogP contribution in [0.5, 0.6) is 0 Å². The third kappa shape index (κ3) is 4.81. The largest absolute Gasteiger partial charge is 0.481 e. The van der Waals surface area contributed by atoms with E-state index in [0.717, 1.165) is 44.9 Å². The molecule has 28 heavy (non-hydrogen) atoms. The van der Waals surface area contributed by atoms with Crippen LogP contribution >= 0.6 is 0 Å². The Morgan fingerprint density at radius 3 is 2.68 bits per heavy atom. The van der Waals surface area contributed by atoms with E-state index in [1.807, 2.05) is 0 Å². The Balaban J connectivity index is 1.73. The van der Waals surface area contributed by atoms with E-state index in [1.54, 1.807) is 0 Å². The zero-order valence-corrected chi connectivity index (χ0v) is 17.1. The maximum absolute atomic E-state index is 10.9. The van der Waals surface area contributed by atoms with Crippen molar-refractivity contribution in [2.75, 3.05) is 0 Å². The molecule has 3 aliphatic rings. The first-order chi connectivity index (χ1) is 13.5. The molecule has 0 aromatic heterocycles. The summed E-state index contributed by atoms with van der Waals surface area (Å²) in [5.74, 6) is 7.11. The molecular weight excluding hydrogens is 352 g/mol. The number of hydrogen-bond acceptors (Lipinski definition) is 3. The van der Waals surface area contributed by atoms with Gasteiger partial charge >= 0.3 is 5.97 Å². The molecule has 4 heteroatoms. The molecule has 0 radical (unpaired) electrons. The Labute approximate surface area is 169 Å². The zero-order valence-electron chi connectivity index (χ0n) is 17.1. The normalized spacial score (nSPS) is 35.0. The van der Waals surface area contributed by atoms with Crippen molar-refractivity contribution in [2.45, 2.75) is 89.8 Å². The number of fused-ring (bicyclic) bond motifs is 1. The van der Waals surface area contributed by atoms with Gasteiger partial charge in [0.1, 0.15) is 6.10 Å². The molecule has 3 aliphatic carbocycles. The van der Waals surface area contributed by atoms with Gasteiger partial charge < -0.3 is 15.3 Å². The van der Waals surface area contributed by atoms with Crippen molar-refractivity contribution in [3.05, 3.63) is 11.6 Å². The molecule has 0 saturated heterocycles. The van der Waals surface area contributed by atoms with Crippen molar-refractivity contribution in [2.24, 2.45) is 29.6 Å². The number of hydrogen-bond donors (Lipinski definition) is 3. The van der Waals surface area contributed by atoms with Gasteiger partial charge in [-0.1, -0.05) is 56.1 Å². The van der Waals surface area contributed by atoms with E-state index in [9.17, 15) is 15.0 Å². The lowest BCUT2D eigenvalue weighted by Crippen LogP contribution is -2.51. The van der Waals surface area contributed by atoms with Crippen LogP contribution in [0.2, 0.25) is 0 Å². The van der Waals surface area contributed by atoms with Gasteiger partial charge in [-0.25, -0.2) is 0 Å².